The second-order valence-corrected chi connectivity index (χ2v) is 5.99. The molecule has 1 fully saturated rings. The Morgan fingerprint density at radius 3 is 2.85 bits per heavy atom. The minimum Gasteiger partial charge on any atom is -0.496 e. The topological polar surface area (TPSA) is 41.9 Å². The summed E-state index contributed by atoms with van der Waals surface area (Å²) < 4.78 is 10.8. The third-order valence-electron chi connectivity index (χ3n) is 4.45. The lowest BCUT2D eigenvalue weighted by Crippen LogP contribution is -2.53. The van der Waals surface area contributed by atoms with E-state index in [1.54, 1.807) is 7.11 Å². The van der Waals surface area contributed by atoms with E-state index in [4.69, 9.17) is 9.47 Å². The monoisotopic (exact) mass is 277 g/mol. The summed E-state index contributed by atoms with van der Waals surface area (Å²) >= 11 is 0. The molecule has 2 aliphatic heterocycles. The van der Waals surface area contributed by atoms with Gasteiger partial charge in [0.25, 0.3) is 0 Å². The molecule has 1 saturated heterocycles. The van der Waals surface area contributed by atoms with E-state index >= 15 is 0 Å². The standard InChI is InChI=1S/C16H23NO3/c1-19-15-7-4-6-14-13(15)5-2-3-8-17(14)9-16(10-18)11-20-12-16/h4,6-7,18H,2-3,5,8-12H2,1H3. The van der Waals surface area contributed by atoms with Gasteiger partial charge in [0.15, 0.2) is 0 Å². The van der Waals surface area contributed by atoms with Gasteiger partial charge in [-0.1, -0.05) is 6.07 Å². The molecule has 0 spiro atoms. The number of aliphatic hydroxyl groups is 1. The minimum absolute atomic E-state index is 0.0787. The fourth-order valence-corrected chi connectivity index (χ4v) is 3.21. The van der Waals surface area contributed by atoms with Gasteiger partial charge >= 0.3 is 0 Å². The van der Waals surface area contributed by atoms with Gasteiger partial charge in [-0.05, 0) is 31.4 Å². The third-order valence-corrected chi connectivity index (χ3v) is 4.45. The summed E-state index contributed by atoms with van der Waals surface area (Å²) in [6.45, 7) is 3.44. The maximum atomic E-state index is 9.65. The van der Waals surface area contributed by atoms with Crippen LogP contribution in [0.4, 0.5) is 5.69 Å². The predicted molar refractivity (Wildman–Crippen MR) is 78.5 cm³/mol. The van der Waals surface area contributed by atoms with Gasteiger partial charge in [0.1, 0.15) is 5.75 Å². The molecule has 0 radical (unpaired) electrons. The number of benzene rings is 1. The fourth-order valence-electron chi connectivity index (χ4n) is 3.21. The van der Waals surface area contributed by atoms with Gasteiger partial charge < -0.3 is 19.5 Å². The lowest BCUT2D eigenvalue weighted by Gasteiger charge is -2.44. The van der Waals surface area contributed by atoms with Crippen molar-refractivity contribution >= 4 is 5.69 Å². The van der Waals surface area contributed by atoms with Crippen LogP contribution in [0, 0.1) is 5.41 Å². The van der Waals surface area contributed by atoms with Crippen LogP contribution in [0.2, 0.25) is 0 Å². The van der Waals surface area contributed by atoms with Gasteiger partial charge in [0.2, 0.25) is 0 Å². The number of fused-ring (bicyclic) bond motifs is 1. The summed E-state index contributed by atoms with van der Waals surface area (Å²) in [5.41, 5.74) is 2.49. The number of aliphatic hydroxyl groups excluding tert-OH is 1. The summed E-state index contributed by atoms with van der Waals surface area (Å²) in [6.07, 6.45) is 3.44. The summed E-state index contributed by atoms with van der Waals surface area (Å²) in [5, 5.41) is 9.65. The first kappa shape index (κ1) is 13.7. The number of anilines is 1. The van der Waals surface area contributed by atoms with Gasteiger partial charge in [0.05, 0.1) is 32.3 Å². The van der Waals surface area contributed by atoms with Gasteiger partial charge in [-0.2, -0.15) is 0 Å². The second kappa shape index (κ2) is 5.62. The molecule has 0 amide bonds. The van der Waals surface area contributed by atoms with Crippen LogP contribution in [-0.4, -0.2) is 45.1 Å². The van der Waals surface area contributed by atoms with Crippen molar-refractivity contribution in [2.75, 3.05) is 44.9 Å². The Labute approximate surface area is 120 Å². The lowest BCUT2D eigenvalue weighted by molar-refractivity contribution is -0.131. The molecular formula is C16H23NO3. The van der Waals surface area contributed by atoms with Gasteiger partial charge in [0, 0.05) is 24.3 Å². The summed E-state index contributed by atoms with van der Waals surface area (Å²) in [4.78, 5) is 2.41. The summed E-state index contributed by atoms with van der Waals surface area (Å²) in [5.74, 6) is 0.984. The number of hydrogen-bond acceptors (Lipinski definition) is 4. The molecule has 0 atom stereocenters. The van der Waals surface area contributed by atoms with Crippen LogP contribution in [0.1, 0.15) is 18.4 Å². The SMILES string of the molecule is COc1cccc2c1CCCCN2CC1(CO)COC1. The Balaban J connectivity index is 1.89. The van der Waals surface area contributed by atoms with E-state index in [9.17, 15) is 5.11 Å². The van der Waals surface area contributed by atoms with Crippen molar-refractivity contribution in [3.05, 3.63) is 23.8 Å². The van der Waals surface area contributed by atoms with Crippen LogP contribution in [-0.2, 0) is 11.2 Å². The fraction of sp³-hybridized carbons (Fsp3) is 0.625. The van der Waals surface area contributed by atoms with Gasteiger partial charge in [-0.3, -0.25) is 0 Å². The summed E-state index contributed by atoms with van der Waals surface area (Å²) in [6, 6.07) is 6.27. The highest BCUT2D eigenvalue weighted by molar-refractivity contribution is 5.60. The van der Waals surface area contributed by atoms with Crippen molar-refractivity contribution < 1.29 is 14.6 Å². The molecule has 4 nitrogen and oxygen atoms in total. The van der Waals surface area contributed by atoms with Crippen LogP contribution >= 0.6 is 0 Å². The average Bonchev–Trinajstić information content (AvgIpc) is 2.65. The Bertz CT molecular complexity index is 465. The zero-order valence-corrected chi connectivity index (χ0v) is 12.1. The number of nitrogens with zero attached hydrogens (tertiary/aromatic N) is 1. The Kier molecular flexibility index (Phi) is 3.85. The molecule has 0 unspecified atom stereocenters. The van der Waals surface area contributed by atoms with E-state index < -0.39 is 0 Å². The first-order valence-electron chi connectivity index (χ1n) is 7.37. The zero-order chi connectivity index (χ0) is 14.0. The number of ether oxygens (including phenoxy) is 2. The molecule has 110 valence electrons. The number of rotatable bonds is 4. The van der Waals surface area contributed by atoms with Crippen LogP contribution < -0.4 is 9.64 Å². The maximum Gasteiger partial charge on any atom is 0.124 e. The third kappa shape index (κ3) is 2.38. The molecule has 1 aromatic carbocycles. The molecule has 0 aliphatic carbocycles. The molecule has 4 heteroatoms. The van der Waals surface area contributed by atoms with Crippen LogP contribution in [0.15, 0.2) is 18.2 Å². The molecule has 2 heterocycles. The van der Waals surface area contributed by atoms with Crippen molar-refractivity contribution in [2.24, 2.45) is 5.41 Å². The molecule has 2 aliphatic rings. The van der Waals surface area contributed by atoms with E-state index in [0.717, 1.165) is 25.3 Å². The van der Waals surface area contributed by atoms with Crippen molar-refractivity contribution in [2.45, 2.75) is 19.3 Å². The van der Waals surface area contributed by atoms with E-state index in [0.29, 0.717) is 13.2 Å². The Hall–Kier alpha value is -1.26. The zero-order valence-electron chi connectivity index (χ0n) is 12.1. The summed E-state index contributed by atoms with van der Waals surface area (Å²) in [7, 11) is 1.74. The quantitative estimate of drug-likeness (QED) is 0.912. The van der Waals surface area contributed by atoms with Crippen molar-refractivity contribution in [3.8, 4) is 5.75 Å². The maximum absolute atomic E-state index is 9.65. The molecule has 3 rings (SSSR count). The first-order valence-corrected chi connectivity index (χ1v) is 7.37. The van der Waals surface area contributed by atoms with E-state index in [2.05, 4.69) is 17.0 Å². The highest BCUT2D eigenvalue weighted by atomic mass is 16.5. The predicted octanol–water partition coefficient (Wildman–Crippen LogP) is 1.85. The van der Waals surface area contributed by atoms with E-state index in [-0.39, 0.29) is 12.0 Å². The molecular weight excluding hydrogens is 254 g/mol. The highest BCUT2D eigenvalue weighted by Crippen LogP contribution is 2.36. The first-order chi connectivity index (χ1) is 9.78. The van der Waals surface area contributed by atoms with Crippen LogP contribution in [0.5, 0.6) is 5.75 Å². The molecule has 1 aromatic rings. The van der Waals surface area contributed by atoms with Crippen LogP contribution in [0.25, 0.3) is 0 Å². The van der Waals surface area contributed by atoms with Gasteiger partial charge in [-0.15, -0.1) is 0 Å². The highest BCUT2D eigenvalue weighted by Gasteiger charge is 2.40. The largest absolute Gasteiger partial charge is 0.496 e. The normalized spacial score (nSPS) is 20.8. The van der Waals surface area contributed by atoms with Gasteiger partial charge in [-0.25, -0.2) is 0 Å². The molecule has 0 aromatic heterocycles. The number of methoxy groups -OCH3 is 1. The van der Waals surface area contributed by atoms with Crippen molar-refractivity contribution in [1.29, 1.82) is 0 Å². The van der Waals surface area contributed by atoms with Crippen LogP contribution in [0.3, 0.4) is 0 Å². The lowest BCUT2D eigenvalue weighted by atomic mass is 9.86. The minimum atomic E-state index is -0.0787. The molecule has 20 heavy (non-hydrogen) atoms. The number of hydrogen-bond donors (Lipinski definition) is 1. The molecule has 1 N–H and O–H groups in total. The van der Waals surface area contributed by atoms with E-state index in [1.807, 2.05) is 6.07 Å². The average molecular weight is 277 g/mol. The molecule has 0 saturated carbocycles. The van der Waals surface area contributed by atoms with Crippen molar-refractivity contribution in [3.63, 3.8) is 0 Å². The molecule has 0 bridgehead atoms. The van der Waals surface area contributed by atoms with Crippen molar-refractivity contribution in [1.82, 2.24) is 0 Å². The second-order valence-electron chi connectivity index (χ2n) is 5.99. The smallest absolute Gasteiger partial charge is 0.124 e. The Morgan fingerprint density at radius 1 is 1.35 bits per heavy atom. The Morgan fingerprint density at radius 2 is 2.20 bits per heavy atom. The van der Waals surface area contributed by atoms with E-state index in [1.165, 1.54) is 24.1 Å².